The fourth-order valence-corrected chi connectivity index (χ4v) is 4.27. The normalized spacial score (nSPS) is 13.7. The van der Waals surface area contributed by atoms with Crippen LogP contribution in [0.4, 0.5) is 15.2 Å². The quantitative estimate of drug-likeness (QED) is 0.618. The van der Waals surface area contributed by atoms with Gasteiger partial charge in [-0.15, -0.1) is 11.3 Å². The van der Waals surface area contributed by atoms with Crippen molar-refractivity contribution in [2.75, 3.05) is 23.7 Å². The number of thiazole rings is 1. The maximum atomic E-state index is 13.2. The van der Waals surface area contributed by atoms with E-state index in [1.807, 2.05) is 4.90 Å². The maximum absolute atomic E-state index is 13.2. The third-order valence-electron chi connectivity index (χ3n) is 4.46. The van der Waals surface area contributed by atoms with Crippen LogP contribution in [0.1, 0.15) is 26.8 Å². The predicted octanol–water partition coefficient (Wildman–Crippen LogP) is 3.48. The molecule has 30 heavy (non-hydrogen) atoms. The molecule has 1 aliphatic heterocycles. The second kappa shape index (κ2) is 8.50. The Bertz CT molecular complexity index is 1120. The van der Waals surface area contributed by atoms with E-state index in [-0.39, 0.29) is 29.1 Å². The fourth-order valence-electron chi connectivity index (χ4n) is 3.05. The van der Waals surface area contributed by atoms with Crippen LogP contribution >= 0.6 is 22.9 Å². The topological polar surface area (TPSA) is 100 Å². The van der Waals surface area contributed by atoms with Crippen molar-refractivity contribution in [2.24, 2.45) is 0 Å². The SMILES string of the molecule is Cc1cc(C(=O)Nc2nc3c(s2)CN(CC(=O)Nc2ccc(F)c(Cl)c2)CC3)no1. The maximum Gasteiger partial charge on any atom is 0.279 e. The van der Waals surface area contributed by atoms with Crippen LogP contribution in [-0.4, -0.2) is 39.9 Å². The largest absolute Gasteiger partial charge is 0.361 e. The Morgan fingerprint density at radius 1 is 1.33 bits per heavy atom. The summed E-state index contributed by atoms with van der Waals surface area (Å²) in [5.41, 5.74) is 1.54. The van der Waals surface area contributed by atoms with Crippen LogP contribution in [-0.2, 0) is 17.8 Å². The zero-order chi connectivity index (χ0) is 21.3. The molecule has 0 saturated carbocycles. The van der Waals surface area contributed by atoms with Crippen LogP contribution < -0.4 is 10.6 Å². The summed E-state index contributed by atoms with van der Waals surface area (Å²) in [5.74, 6) is -0.590. The number of carbonyl (C=O) groups excluding carboxylic acids is 2. The van der Waals surface area contributed by atoms with E-state index in [1.54, 1.807) is 13.0 Å². The van der Waals surface area contributed by atoms with Crippen molar-refractivity contribution >= 4 is 45.6 Å². The van der Waals surface area contributed by atoms with Crippen LogP contribution in [0.15, 0.2) is 28.8 Å². The lowest BCUT2D eigenvalue weighted by Crippen LogP contribution is -2.36. The average Bonchev–Trinajstić information content (AvgIpc) is 3.30. The molecule has 0 spiro atoms. The number of rotatable bonds is 5. The first-order valence-corrected chi connectivity index (χ1v) is 10.3. The summed E-state index contributed by atoms with van der Waals surface area (Å²) in [6.45, 7) is 3.08. The molecule has 2 amide bonds. The fraction of sp³-hybridized carbons (Fsp3) is 0.263. The molecule has 156 valence electrons. The van der Waals surface area contributed by atoms with Gasteiger partial charge in [0.2, 0.25) is 5.91 Å². The molecular weight excluding hydrogens is 433 g/mol. The van der Waals surface area contributed by atoms with Gasteiger partial charge in [-0.3, -0.25) is 19.8 Å². The smallest absolute Gasteiger partial charge is 0.279 e. The summed E-state index contributed by atoms with van der Waals surface area (Å²) >= 11 is 7.11. The van der Waals surface area contributed by atoms with Gasteiger partial charge in [0.1, 0.15) is 11.6 Å². The molecule has 2 N–H and O–H groups in total. The first-order valence-electron chi connectivity index (χ1n) is 9.08. The number of hydrogen-bond donors (Lipinski definition) is 2. The monoisotopic (exact) mass is 449 g/mol. The van der Waals surface area contributed by atoms with Crippen molar-refractivity contribution in [3.05, 3.63) is 57.1 Å². The van der Waals surface area contributed by atoms with Crippen molar-refractivity contribution < 1.29 is 18.5 Å². The van der Waals surface area contributed by atoms with Gasteiger partial charge in [-0.25, -0.2) is 9.37 Å². The number of nitrogens with one attached hydrogen (secondary N) is 2. The number of aromatic nitrogens is 2. The van der Waals surface area contributed by atoms with Gasteiger partial charge in [0.05, 0.1) is 17.3 Å². The van der Waals surface area contributed by atoms with E-state index in [2.05, 4.69) is 20.8 Å². The second-order valence-electron chi connectivity index (χ2n) is 6.80. The van der Waals surface area contributed by atoms with Gasteiger partial charge in [0, 0.05) is 36.1 Å². The zero-order valence-electron chi connectivity index (χ0n) is 15.9. The Kier molecular flexibility index (Phi) is 5.80. The van der Waals surface area contributed by atoms with Gasteiger partial charge < -0.3 is 9.84 Å². The number of benzene rings is 1. The van der Waals surface area contributed by atoms with Gasteiger partial charge in [-0.1, -0.05) is 16.8 Å². The van der Waals surface area contributed by atoms with E-state index in [9.17, 15) is 14.0 Å². The standard InChI is InChI=1S/C19H17ClFN5O3S/c1-10-6-15(25-29-10)18(28)24-19-23-14-4-5-26(8-16(14)30-19)9-17(27)22-11-2-3-13(21)12(20)7-11/h2-3,6-7H,4-5,8-9H2,1H3,(H,22,27)(H,23,24,28). The third kappa shape index (κ3) is 4.66. The van der Waals surface area contributed by atoms with Crippen molar-refractivity contribution in [3.63, 3.8) is 0 Å². The number of nitrogens with zero attached hydrogens (tertiary/aromatic N) is 3. The Hall–Kier alpha value is -2.82. The Morgan fingerprint density at radius 3 is 2.90 bits per heavy atom. The highest BCUT2D eigenvalue weighted by atomic mass is 35.5. The predicted molar refractivity (Wildman–Crippen MR) is 110 cm³/mol. The molecule has 0 aliphatic carbocycles. The summed E-state index contributed by atoms with van der Waals surface area (Å²) in [5, 5.41) is 9.58. The molecule has 4 rings (SSSR count). The van der Waals surface area contributed by atoms with Crippen molar-refractivity contribution in [1.82, 2.24) is 15.0 Å². The first-order chi connectivity index (χ1) is 14.4. The van der Waals surface area contributed by atoms with Crippen LogP contribution in [0.5, 0.6) is 0 Å². The average molecular weight is 450 g/mol. The zero-order valence-corrected chi connectivity index (χ0v) is 17.4. The number of halogens is 2. The van der Waals surface area contributed by atoms with E-state index in [4.69, 9.17) is 16.1 Å². The molecule has 0 radical (unpaired) electrons. The lowest BCUT2D eigenvalue weighted by atomic mass is 10.2. The van der Waals surface area contributed by atoms with Crippen LogP contribution in [0.2, 0.25) is 5.02 Å². The molecule has 3 heterocycles. The van der Waals surface area contributed by atoms with Crippen LogP contribution in [0, 0.1) is 12.7 Å². The summed E-state index contributed by atoms with van der Waals surface area (Å²) in [7, 11) is 0. The highest BCUT2D eigenvalue weighted by Crippen LogP contribution is 2.28. The molecule has 3 aromatic rings. The summed E-state index contributed by atoms with van der Waals surface area (Å²) in [6, 6.07) is 5.59. The minimum absolute atomic E-state index is 0.0459. The Labute approximate surface area is 180 Å². The molecule has 0 saturated heterocycles. The minimum Gasteiger partial charge on any atom is -0.361 e. The summed E-state index contributed by atoms with van der Waals surface area (Å²) < 4.78 is 18.1. The number of fused-ring (bicyclic) bond motifs is 1. The lowest BCUT2D eigenvalue weighted by molar-refractivity contribution is -0.117. The summed E-state index contributed by atoms with van der Waals surface area (Å²) in [6.07, 6.45) is 0.667. The molecule has 0 unspecified atom stereocenters. The highest BCUT2D eigenvalue weighted by molar-refractivity contribution is 7.15. The van der Waals surface area contributed by atoms with E-state index in [1.165, 1.54) is 29.5 Å². The van der Waals surface area contributed by atoms with Crippen molar-refractivity contribution in [2.45, 2.75) is 19.9 Å². The molecule has 0 atom stereocenters. The van der Waals surface area contributed by atoms with Crippen molar-refractivity contribution in [1.29, 1.82) is 0 Å². The highest BCUT2D eigenvalue weighted by Gasteiger charge is 2.23. The molecular formula is C19H17ClFN5O3S. The number of amides is 2. The minimum atomic E-state index is -0.537. The molecule has 1 aromatic carbocycles. The lowest BCUT2D eigenvalue weighted by Gasteiger charge is -2.25. The summed E-state index contributed by atoms with van der Waals surface area (Å²) in [4.78, 5) is 32.0. The van der Waals surface area contributed by atoms with Crippen molar-refractivity contribution in [3.8, 4) is 0 Å². The van der Waals surface area contributed by atoms with Gasteiger partial charge >= 0.3 is 0 Å². The van der Waals surface area contributed by atoms with E-state index >= 15 is 0 Å². The third-order valence-corrected chi connectivity index (χ3v) is 5.75. The van der Waals surface area contributed by atoms with Gasteiger partial charge in [0.15, 0.2) is 10.8 Å². The first kappa shape index (κ1) is 20.5. The number of aryl methyl sites for hydroxylation is 1. The van der Waals surface area contributed by atoms with E-state index in [0.29, 0.717) is 36.1 Å². The number of hydrogen-bond acceptors (Lipinski definition) is 7. The van der Waals surface area contributed by atoms with E-state index < -0.39 is 5.82 Å². The molecule has 2 aromatic heterocycles. The number of anilines is 2. The second-order valence-corrected chi connectivity index (χ2v) is 8.29. The van der Waals surface area contributed by atoms with E-state index in [0.717, 1.165) is 10.6 Å². The van der Waals surface area contributed by atoms with Gasteiger partial charge in [-0.2, -0.15) is 0 Å². The molecule has 11 heteroatoms. The van der Waals surface area contributed by atoms with Gasteiger partial charge in [0.25, 0.3) is 5.91 Å². The Balaban J connectivity index is 1.34. The molecule has 1 aliphatic rings. The van der Waals surface area contributed by atoms with Gasteiger partial charge in [-0.05, 0) is 25.1 Å². The van der Waals surface area contributed by atoms with Crippen LogP contribution in [0.25, 0.3) is 0 Å². The molecule has 0 bridgehead atoms. The number of carbonyl (C=O) groups is 2. The Morgan fingerprint density at radius 2 is 2.17 bits per heavy atom. The molecule has 8 nitrogen and oxygen atoms in total. The molecule has 0 fully saturated rings. The van der Waals surface area contributed by atoms with Crippen LogP contribution in [0.3, 0.4) is 0 Å².